The van der Waals surface area contributed by atoms with Crippen LogP contribution in [0, 0.1) is 0 Å². The van der Waals surface area contributed by atoms with Crippen LogP contribution < -0.4 is 9.62 Å². The summed E-state index contributed by atoms with van der Waals surface area (Å²) in [7, 11) is -3.59. The number of amides is 1. The van der Waals surface area contributed by atoms with Gasteiger partial charge in [0.2, 0.25) is 15.9 Å². The van der Waals surface area contributed by atoms with Crippen LogP contribution in [0.4, 0.5) is 11.4 Å². The molecule has 0 aliphatic carbocycles. The van der Waals surface area contributed by atoms with Crippen molar-refractivity contribution >= 4 is 27.3 Å². The van der Waals surface area contributed by atoms with Crippen LogP contribution in [-0.2, 0) is 21.2 Å². The molecule has 128 valence electrons. The van der Waals surface area contributed by atoms with Crippen LogP contribution in [0.15, 0.2) is 54.6 Å². The maximum absolute atomic E-state index is 12.5. The fourth-order valence-corrected chi connectivity index (χ4v) is 3.63. The van der Waals surface area contributed by atoms with E-state index in [1.807, 2.05) is 24.3 Å². The second-order valence-electron chi connectivity index (χ2n) is 5.61. The van der Waals surface area contributed by atoms with Gasteiger partial charge < -0.3 is 5.32 Å². The molecule has 1 amide bonds. The summed E-state index contributed by atoms with van der Waals surface area (Å²) in [5, 5.41) is 2.77. The standard InChI is InChI=1S/C18H22N2O3S/c1-4-15-10-12-16(13-11-15)19-18(21)14(2)20(24(3,22)23)17-8-6-5-7-9-17/h5-14H,4H2,1-3H3,(H,19,21)/t14-/m0/s1. The Kier molecular flexibility index (Phi) is 5.62. The van der Waals surface area contributed by atoms with Crippen LogP contribution in [0.5, 0.6) is 0 Å². The molecule has 0 saturated heterocycles. The Morgan fingerprint density at radius 3 is 2.17 bits per heavy atom. The Morgan fingerprint density at radius 1 is 1.08 bits per heavy atom. The molecule has 5 nitrogen and oxygen atoms in total. The summed E-state index contributed by atoms with van der Waals surface area (Å²) in [4.78, 5) is 12.5. The van der Waals surface area contributed by atoms with Crippen molar-refractivity contribution < 1.29 is 13.2 Å². The Morgan fingerprint density at radius 2 is 1.67 bits per heavy atom. The van der Waals surface area contributed by atoms with Crippen LogP contribution >= 0.6 is 0 Å². The van der Waals surface area contributed by atoms with Crippen LogP contribution in [0.1, 0.15) is 19.4 Å². The van der Waals surface area contributed by atoms with E-state index in [2.05, 4.69) is 12.2 Å². The first kappa shape index (κ1) is 18.0. The number of carbonyl (C=O) groups excluding carboxylic acids is 1. The first-order valence-electron chi connectivity index (χ1n) is 7.77. The molecule has 0 aliphatic rings. The van der Waals surface area contributed by atoms with E-state index >= 15 is 0 Å². The van der Waals surface area contributed by atoms with Crippen LogP contribution in [0.3, 0.4) is 0 Å². The molecule has 0 bridgehead atoms. The highest BCUT2D eigenvalue weighted by Crippen LogP contribution is 2.21. The molecule has 24 heavy (non-hydrogen) atoms. The fraction of sp³-hybridized carbons (Fsp3) is 0.278. The molecule has 0 saturated carbocycles. The molecule has 1 atom stereocenters. The second-order valence-corrected chi connectivity index (χ2v) is 7.47. The Labute approximate surface area is 143 Å². The van der Waals surface area contributed by atoms with Crippen molar-refractivity contribution in [1.29, 1.82) is 0 Å². The van der Waals surface area contributed by atoms with Crippen molar-refractivity contribution in [1.82, 2.24) is 0 Å². The Balaban J connectivity index is 2.22. The zero-order valence-corrected chi connectivity index (χ0v) is 14.9. The predicted molar refractivity (Wildman–Crippen MR) is 97.7 cm³/mol. The molecule has 6 heteroatoms. The third kappa shape index (κ3) is 4.35. The number of sulfonamides is 1. The molecule has 2 rings (SSSR count). The number of anilines is 2. The lowest BCUT2D eigenvalue weighted by molar-refractivity contribution is -0.116. The van der Waals surface area contributed by atoms with Gasteiger partial charge in [-0.3, -0.25) is 9.10 Å². The summed E-state index contributed by atoms with van der Waals surface area (Å²) < 4.78 is 25.4. The highest BCUT2D eigenvalue weighted by molar-refractivity contribution is 7.92. The monoisotopic (exact) mass is 346 g/mol. The van der Waals surface area contributed by atoms with E-state index in [1.165, 1.54) is 5.56 Å². The normalized spacial score (nSPS) is 12.5. The fourth-order valence-electron chi connectivity index (χ4n) is 2.45. The first-order chi connectivity index (χ1) is 11.3. The van der Waals surface area contributed by atoms with Gasteiger partial charge in [0.25, 0.3) is 0 Å². The number of hydrogen-bond acceptors (Lipinski definition) is 3. The zero-order valence-electron chi connectivity index (χ0n) is 14.1. The zero-order chi connectivity index (χ0) is 17.7. The molecular formula is C18H22N2O3S. The maximum Gasteiger partial charge on any atom is 0.247 e. The third-order valence-corrected chi connectivity index (χ3v) is 4.97. The van der Waals surface area contributed by atoms with Gasteiger partial charge in [0.1, 0.15) is 6.04 Å². The molecule has 1 N–H and O–H groups in total. The number of nitrogens with zero attached hydrogens (tertiary/aromatic N) is 1. The largest absolute Gasteiger partial charge is 0.324 e. The van der Waals surface area contributed by atoms with Crippen molar-refractivity contribution in [2.45, 2.75) is 26.3 Å². The van der Waals surface area contributed by atoms with E-state index in [1.54, 1.807) is 37.3 Å². The summed E-state index contributed by atoms with van der Waals surface area (Å²) in [6.45, 7) is 3.63. The number of aryl methyl sites for hydroxylation is 1. The van der Waals surface area contributed by atoms with E-state index in [0.717, 1.165) is 17.0 Å². The van der Waals surface area contributed by atoms with Crippen molar-refractivity contribution in [3.8, 4) is 0 Å². The highest BCUT2D eigenvalue weighted by atomic mass is 32.2. The topological polar surface area (TPSA) is 66.5 Å². The molecular weight excluding hydrogens is 324 g/mol. The predicted octanol–water partition coefficient (Wildman–Crippen LogP) is 3.04. The van der Waals surface area contributed by atoms with Crippen LogP contribution in [0.2, 0.25) is 0 Å². The van der Waals surface area contributed by atoms with E-state index in [9.17, 15) is 13.2 Å². The van der Waals surface area contributed by atoms with Gasteiger partial charge >= 0.3 is 0 Å². The minimum Gasteiger partial charge on any atom is -0.324 e. The second kappa shape index (κ2) is 7.49. The van der Waals surface area contributed by atoms with E-state index in [-0.39, 0.29) is 5.91 Å². The van der Waals surface area contributed by atoms with Gasteiger partial charge in [-0.05, 0) is 43.2 Å². The van der Waals surface area contributed by atoms with Crippen LogP contribution in [-0.4, -0.2) is 26.6 Å². The van der Waals surface area contributed by atoms with Gasteiger partial charge in [0, 0.05) is 5.69 Å². The molecule has 0 spiro atoms. The lowest BCUT2D eigenvalue weighted by Crippen LogP contribution is -2.45. The van der Waals surface area contributed by atoms with Gasteiger partial charge in [-0.25, -0.2) is 8.42 Å². The summed E-state index contributed by atoms with van der Waals surface area (Å²) >= 11 is 0. The molecule has 0 unspecified atom stereocenters. The highest BCUT2D eigenvalue weighted by Gasteiger charge is 2.28. The molecule has 0 radical (unpaired) electrons. The number of carbonyl (C=O) groups is 1. The quantitative estimate of drug-likeness (QED) is 0.874. The molecule has 0 fully saturated rings. The SMILES string of the molecule is CCc1ccc(NC(=O)[C@H](C)N(c2ccccc2)S(C)(=O)=O)cc1. The average molecular weight is 346 g/mol. The van der Waals surface area contributed by atoms with E-state index < -0.39 is 16.1 Å². The van der Waals surface area contributed by atoms with Gasteiger partial charge in [-0.15, -0.1) is 0 Å². The van der Waals surface area contributed by atoms with Crippen molar-refractivity contribution in [2.24, 2.45) is 0 Å². The Bertz CT molecular complexity index is 787. The molecule has 2 aromatic carbocycles. The molecule has 2 aromatic rings. The minimum atomic E-state index is -3.59. The smallest absolute Gasteiger partial charge is 0.247 e. The summed E-state index contributed by atoms with van der Waals surface area (Å²) in [5.41, 5.74) is 2.28. The van der Waals surface area contributed by atoms with Gasteiger partial charge in [0.15, 0.2) is 0 Å². The molecule has 0 aliphatic heterocycles. The number of para-hydroxylation sites is 1. The van der Waals surface area contributed by atoms with E-state index in [4.69, 9.17) is 0 Å². The van der Waals surface area contributed by atoms with Gasteiger partial charge in [-0.2, -0.15) is 0 Å². The maximum atomic E-state index is 12.5. The van der Waals surface area contributed by atoms with Crippen molar-refractivity contribution in [3.05, 3.63) is 60.2 Å². The summed E-state index contributed by atoms with van der Waals surface area (Å²) in [6.07, 6.45) is 2.01. The minimum absolute atomic E-state index is 0.381. The third-order valence-electron chi connectivity index (χ3n) is 3.73. The summed E-state index contributed by atoms with van der Waals surface area (Å²) in [5.74, 6) is -0.381. The molecule has 0 aromatic heterocycles. The van der Waals surface area contributed by atoms with Crippen molar-refractivity contribution in [3.63, 3.8) is 0 Å². The average Bonchev–Trinajstić information content (AvgIpc) is 2.55. The molecule has 0 heterocycles. The number of benzene rings is 2. The van der Waals surface area contributed by atoms with E-state index in [0.29, 0.717) is 11.4 Å². The summed E-state index contributed by atoms with van der Waals surface area (Å²) in [6, 6.07) is 15.2. The Hall–Kier alpha value is -2.34. The van der Waals surface area contributed by atoms with Gasteiger partial charge in [-0.1, -0.05) is 37.3 Å². The number of hydrogen-bond donors (Lipinski definition) is 1. The van der Waals surface area contributed by atoms with Gasteiger partial charge in [0.05, 0.1) is 11.9 Å². The van der Waals surface area contributed by atoms with Crippen molar-refractivity contribution in [2.75, 3.05) is 15.9 Å². The lowest BCUT2D eigenvalue weighted by Gasteiger charge is -2.28. The number of rotatable bonds is 6. The number of nitrogens with one attached hydrogen (secondary N) is 1. The first-order valence-corrected chi connectivity index (χ1v) is 9.62. The van der Waals surface area contributed by atoms with Crippen LogP contribution in [0.25, 0.3) is 0 Å². The lowest BCUT2D eigenvalue weighted by atomic mass is 10.1.